The van der Waals surface area contributed by atoms with Crippen molar-refractivity contribution in [2.75, 3.05) is 0 Å². The summed E-state index contributed by atoms with van der Waals surface area (Å²) in [4.78, 5) is 17.6. The molecular formula is C26H24N2O2S. The number of rotatable bonds is 6. The Morgan fingerprint density at radius 2 is 1.81 bits per heavy atom. The predicted molar refractivity (Wildman–Crippen MR) is 129 cm³/mol. The van der Waals surface area contributed by atoms with Gasteiger partial charge in [0, 0.05) is 5.56 Å². The number of carbonyl (C=O) groups is 1. The summed E-state index contributed by atoms with van der Waals surface area (Å²) < 4.78 is 6.05. The smallest absolute Gasteiger partial charge is 0.264 e. The van der Waals surface area contributed by atoms with Gasteiger partial charge in [0.15, 0.2) is 5.17 Å². The number of nitrogens with one attached hydrogen (secondary N) is 1. The first-order valence-corrected chi connectivity index (χ1v) is 11.1. The largest absolute Gasteiger partial charge is 0.488 e. The molecule has 31 heavy (non-hydrogen) atoms. The summed E-state index contributed by atoms with van der Waals surface area (Å²) in [7, 11) is 0. The molecule has 1 N–H and O–H groups in total. The van der Waals surface area contributed by atoms with E-state index in [9.17, 15) is 4.79 Å². The van der Waals surface area contributed by atoms with Gasteiger partial charge in [-0.1, -0.05) is 67.1 Å². The molecule has 3 aromatic rings. The van der Waals surface area contributed by atoms with Gasteiger partial charge in [0.05, 0.1) is 10.6 Å². The van der Waals surface area contributed by atoms with Crippen LogP contribution in [-0.4, -0.2) is 11.1 Å². The zero-order valence-electron chi connectivity index (χ0n) is 17.6. The Morgan fingerprint density at radius 3 is 2.58 bits per heavy atom. The Labute approximate surface area is 187 Å². The average Bonchev–Trinajstić information content (AvgIpc) is 3.12. The van der Waals surface area contributed by atoms with Gasteiger partial charge in [-0.2, -0.15) is 0 Å². The number of para-hydroxylation sites is 1. The molecule has 0 aromatic heterocycles. The van der Waals surface area contributed by atoms with Gasteiger partial charge in [0.1, 0.15) is 12.4 Å². The summed E-state index contributed by atoms with van der Waals surface area (Å²) in [6, 6.07) is 24.0. The molecule has 5 heteroatoms. The number of benzene rings is 3. The molecule has 4 nitrogen and oxygen atoms in total. The normalized spacial score (nSPS) is 16.0. The molecule has 0 atom stereocenters. The van der Waals surface area contributed by atoms with Crippen LogP contribution < -0.4 is 10.1 Å². The lowest BCUT2D eigenvalue weighted by Gasteiger charge is -2.10. The van der Waals surface area contributed by atoms with Gasteiger partial charge in [0.2, 0.25) is 0 Å². The lowest BCUT2D eigenvalue weighted by Crippen LogP contribution is -2.19. The van der Waals surface area contributed by atoms with Crippen LogP contribution in [0, 0.1) is 6.92 Å². The second-order valence-electron chi connectivity index (χ2n) is 7.32. The van der Waals surface area contributed by atoms with E-state index in [1.165, 1.54) is 22.9 Å². The van der Waals surface area contributed by atoms with Crippen LogP contribution in [0.5, 0.6) is 5.75 Å². The van der Waals surface area contributed by atoms with Gasteiger partial charge < -0.3 is 10.1 Å². The molecule has 4 rings (SSSR count). The minimum absolute atomic E-state index is 0.151. The van der Waals surface area contributed by atoms with Gasteiger partial charge in [-0.25, -0.2) is 4.99 Å². The number of ether oxygens (including phenoxy) is 1. The molecule has 0 spiro atoms. The molecule has 0 aliphatic carbocycles. The molecule has 1 aliphatic rings. The van der Waals surface area contributed by atoms with Crippen molar-refractivity contribution in [2.45, 2.75) is 26.9 Å². The van der Waals surface area contributed by atoms with E-state index < -0.39 is 0 Å². The van der Waals surface area contributed by atoms with Crippen LogP contribution in [0.25, 0.3) is 6.08 Å². The Balaban J connectivity index is 1.50. The first-order valence-electron chi connectivity index (χ1n) is 10.3. The number of aliphatic imine (C=N–C) groups is 1. The lowest BCUT2D eigenvalue weighted by atomic mass is 10.1. The molecule has 0 unspecified atom stereocenters. The van der Waals surface area contributed by atoms with Crippen molar-refractivity contribution in [1.82, 2.24) is 5.32 Å². The van der Waals surface area contributed by atoms with Crippen molar-refractivity contribution in [3.8, 4) is 5.75 Å². The van der Waals surface area contributed by atoms with Crippen LogP contribution in [-0.2, 0) is 17.8 Å². The van der Waals surface area contributed by atoms with E-state index in [0.717, 1.165) is 29.0 Å². The molecule has 3 aromatic carbocycles. The van der Waals surface area contributed by atoms with Crippen molar-refractivity contribution < 1.29 is 9.53 Å². The maximum atomic E-state index is 12.5. The van der Waals surface area contributed by atoms with Crippen molar-refractivity contribution in [3.05, 3.63) is 100.0 Å². The summed E-state index contributed by atoms with van der Waals surface area (Å²) in [6.45, 7) is 4.66. The van der Waals surface area contributed by atoms with Crippen LogP contribution in [0.4, 0.5) is 5.69 Å². The van der Waals surface area contributed by atoms with E-state index in [2.05, 4.69) is 48.4 Å². The third kappa shape index (κ3) is 5.44. The van der Waals surface area contributed by atoms with Crippen molar-refractivity contribution in [1.29, 1.82) is 0 Å². The molecule has 0 bridgehead atoms. The second-order valence-corrected chi connectivity index (χ2v) is 8.35. The quantitative estimate of drug-likeness (QED) is 0.488. The Hall–Kier alpha value is -3.31. The van der Waals surface area contributed by atoms with E-state index in [0.29, 0.717) is 16.7 Å². The molecule has 1 heterocycles. The fourth-order valence-corrected chi connectivity index (χ4v) is 4.07. The third-order valence-corrected chi connectivity index (χ3v) is 5.82. The first-order chi connectivity index (χ1) is 15.1. The van der Waals surface area contributed by atoms with Gasteiger partial charge in [-0.3, -0.25) is 4.79 Å². The molecule has 1 amide bonds. The van der Waals surface area contributed by atoms with Crippen LogP contribution in [0.15, 0.2) is 82.7 Å². The summed E-state index contributed by atoms with van der Waals surface area (Å²) in [6.07, 6.45) is 2.84. The SMILES string of the molecule is CCc1ccc(N=C2NC(=O)/C(=C/c3ccccc3OCc3cccc(C)c3)S2)cc1. The fourth-order valence-electron chi connectivity index (χ4n) is 3.24. The minimum Gasteiger partial charge on any atom is -0.488 e. The number of amides is 1. The molecule has 1 saturated heterocycles. The highest BCUT2D eigenvalue weighted by Gasteiger charge is 2.24. The Bertz CT molecular complexity index is 1150. The number of hydrogen-bond donors (Lipinski definition) is 1. The summed E-state index contributed by atoms with van der Waals surface area (Å²) in [5.41, 5.74) is 5.25. The van der Waals surface area contributed by atoms with Gasteiger partial charge in [-0.05, 0) is 60.5 Å². The highest BCUT2D eigenvalue weighted by atomic mass is 32.2. The molecule has 0 saturated carbocycles. The number of amidine groups is 1. The van der Waals surface area contributed by atoms with E-state index in [-0.39, 0.29) is 5.91 Å². The minimum atomic E-state index is -0.151. The van der Waals surface area contributed by atoms with Crippen molar-refractivity contribution >= 4 is 34.6 Å². The zero-order valence-corrected chi connectivity index (χ0v) is 18.4. The fraction of sp³-hybridized carbons (Fsp3) is 0.154. The van der Waals surface area contributed by atoms with Gasteiger partial charge in [-0.15, -0.1) is 0 Å². The van der Waals surface area contributed by atoms with E-state index in [1.807, 2.05) is 54.6 Å². The maximum Gasteiger partial charge on any atom is 0.264 e. The Kier molecular flexibility index (Phi) is 6.53. The number of carbonyl (C=O) groups excluding carboxylic acids is 1. The summed E-state index contributed by atoms with van der Waals surface area (Å²) in [5.74, 6) is 0.591. The second kappa shape index (κ2) is 9.67. The summed E-state index contributed by atoms with van der Waals surface area (Å²) in [5, 5.41) is 3.43. The van der Waals surface area contributed by atoms with Crippen molar-refractivity contribution in [3.63, 3.8) is 0 Å². The van der Waals surface area contributed by atoms with Gasteiger partial charge >= 0.3 is 0 Å². The van der Waals surface area contributed by atoms with E-state index in [1.54, 1.807) is 0 Å². The monoisotopic (exact) mass is 428 g/mol. The Morgan fingerprint density at radius 1 is 1.00 bits per heavy atom. The predicted octanol–water partition coefficient (Wildman–Crippen LogP) is 6.03. The first kappa shape index (κ1) is 20.9. The zero-order chi connectivity index (χ0) is 21.6. The van der Waals surface area contributed by atoms with Gasteiger partial charge in [0.25, 0.3) is 5.91 Å². The van der Waals surface area contributed by atoms with Crippen molar-refractivity contribution in [2.24, 2.45) is 4.99 Å². The molecule has 1 fully saturated rings. The molecule has 0 radical (unpaired) electrons. The highest BCUT2D eigenvalue weighted by molar-refractivity contribution is 8.18. The van der Waals surface area contributed by atoms with Crippen LogP contribution in [0.2, 0.25) is 0 Å². The third-order valence-electron chi connectivity index (χ3n) is 4.91. The van der Waals surface area contributed by atoms with E-state index >= 15 is 0 Å². The van der Waals surface area contributed by atoms with Crippen LogP contribution in [0.1, 0.15) is 29.2 Å². The summed E-state index contributed by atoms with van der Waals surface area (Å²) >= 11 is 1.34. The molecular weight excluding hydrogens is 404 g/mol. The van der Waals surface area contributed by atoms with Crippen LogP contribution in [0.3, 0.4) is 0 Å². The molecule has 156 valence electrons. The number of thioether (sulfide) groups is 1. The number of aryl methyl sites for hydroxylation is 2. The standard InChI is InChI=1S/C26H24N2O2S/c1-3-19-11-13-22(14-12-19)27-26-28-25(29)24(31-26)16-21-9-4-5-10-23(21)30-17-20-8-6-7-18(2)15-20/h4-16H,3,17H2,1-2H3,(H,27,28,29)/b24-16-. The molecule has 1 aliphatic heterocycles. The topological polar surface area (TPSA) is 50.7 Å². The van der Waals surface area contributed by atoms with Crippen LogP contribution >= 0.6 is 11.8 Å². The maximum absolute atomic E-state index is 12.5. The number of hydrogen-bond acceptors (Lipinski definition) is 4. The highest BCUT2D eigenvalue weighted by Crippen LogP contribution is 2.31. The average molecular weight is 429 g/mol. The lowest BCUT2D eigenvalue weighted by molar-refractivity contribution is -0.115. The van der Waals surface area contributed by atoms with E-state index in [4.69, 9.17) is 4.74 Å². The number of nitrogens with zero attached hydrogens (tertiary/aromatic N) is 1.